The van der Waals surface area contributed by atoms with E-state index in [2.05, 4.69) is 0 Å². The minimum absolute atomic E-state index is 0.250. The average Bonchev–Trinajstić information content (AvgIpc) is 1.83. The minimum Gasteiger partial charge on any atom is -0.633 e. The Balaban J connectivity index is 0. The highest BCUT2D eigenvalue weighted by Gasteiger charge is 1.93. The number of aliphatic hydroxyl groups is 3. The molecule has 0 bridgehead atoms. The molecule has 0 saturated carbocycles. The van der Waals surface area contributed by atoms with Crippen molar-refractivity contribution in [3.63, 3.8) is 0 Å². The summed E-state index contributed by atoms with van der Waals surface area (Å²) in [7, 11) is 4.71. The first kappa shape index (κ1) is 13.4. The lowest BCUT2D eigenvalue weighted by atomic mass is 10.4. The first-order valence-electron chi connectivity index (χ1n) is 3.23. The van der Waals surface area contributed by atoms with E-state index in [0.717, 1.165) is 0 Å². The van der Waals surface area contributed by atoms with Gasteiger partial charge in [-0.2, -0.15) is 0 Å². The average molecular weight is 167 g/mol. The van der Waals surface area contributed by atoms with Crippen LogP contribution in [-0.4, -0.2) is 60.4 Å². The number of rotatable bonds is 2. The Morgan fingerprint density at radius 1 is 1.18 bits per heavy atom. The number of hydrogen-bond donors (Lipinski definition) is 3. The van der Waals surface area contributed by atoms with E-state index in [0.29, 0.717) is 0 Å². The summed E-state index contributed by atoms with van der Waals surface area (Å²) in [4.78, 5) is 0. The molecule has 0 atom stereocenters. The molecule has 11 heavy (non-hydrogen) atoms. The number of hydroxylamine groups is 3. The number of aliphatic hydroxyl groups excluding tert-OH is 3. The molecule has 3 N–H and O–H groups in total. The highest BCUT2D eigenvalue weighted by atomic mass is 16.5. The van der Waals surface area contributed by atoms with Crippen LogP contribution < -0.4 is 0 Å². The monoisotopic (exact) mass is 167 g/mol. The van der Waals surface area contributed by atoms with Crippen LogP contribution >= 0.6 is 0 Å². The van der Waals surface area contributed by atoms with Crippen molar-refractivity contribution in [2.75, 3.05) is 34.4 Å². The molecular formula is C6H17NO4. The molecule has 0 unspecified atom stereocenters. The fourth-order valence-electron chi connectivity index (χ4n) is 0.0577. The van der Waals surface area contributed by atoms with Crippen LogP contribution in [-0.2, 0) is 0 Å². The molecule has 0 aliphatic heterocycles. The Morgan fingerprint density at radius 3 is 1.36 bits per heavy atom. The lowest BCUT2D eigenvalue weighted by molar-refractivity contribution is -0.818. The topological polar surface area (TPSA) is 83.8 Å². The van der Waals surface area contributed by atoms with Gasteiger partial charge in [-0.15, -0.1) is 0 Å². The molecule has 5 heteroatoms. The molecule has 70 valence electrons. The van der Waals surface area contributed by atoms with Gasteiger partial charge >= 0.3 is 0 Å². The highest BCUT2D eigenvalue weighted by Crippen LogP contribution is 1.77. The summed E-state index contributed by atoms with van der Waals surface area (Å²) in [6, 6.07) is 0. The maximum absolute atomic E-state index is 10.0. The van der Waals surface area contributed by atoms with Crippen LogP contribution in [0, 0.1) is 5.21 Å². The molecule has 0 aliphatic rings. The van der Waals surface area contributed by atoms with E-state index in [4.69, 9.17) is 15.3 Å². The molecule has 0 amide bonds. The van der Waals surface area contributed by atoms with Gasteiger partial charge in [0, 0.05) is 0 Å². The smallest absolute Gasteiger partial charge is 0.100 e. The van der Waals surface area contributed by atoms with Crippen molar-refractivity contribution in [2.24, 2.45) is 0 Å². The Bertz CT molecular complexity index is 71.1. The van der Waals surface area contributed by atoms with Gasteiger partial charge in [-0.25, -0.2) is 0 Å². The summed E-state index contributed by atoms with van der Waals surface area (Å²) in [5.74, 6) is 0. The molecule has 0 aromatic heterocycles. The van der Waals surface area contributed by atoms with Gasteiger partial charge in [0.2, 0.25) is 0 Å². The van der Waals surface area contributed by atoms with E-state index >= 15 is 0 Å². The number of nitrogens with zero attached hydrogens (tertiary/aromatic N) is 1. The Morgan fingerprint density at radius 2 is 1.36 bits per heavy atom. The largest absolute Gasteiger partial charge is 0.633 e. The normalized spacial score (nSPS) is 10.9. The van der Waals surface area contributed by atoms with E-state index in [1.54, 1.807) is 21.1 Å². The lowest BCUT2D eigenvalue weighted by Gasteiger charge is -2.27. The van der Waals surface area contributed by atoms with E-state index in [9.17, 15) is 5.21 Å². The summed E-state index contributed by atoms with van der Waals surface area (Å²) >= 11 is 0. The zero-order valence-corrected chi connectivity index (χ0v) is 7.19. The van der Waals surface area contributed by atoms with Gasteiger partial charge in [-0.05, 0) is 0 Å². The van der Waals surface area contributed by atoms with Crippen molar-refractivity contribution < 1.29 is 20.0 Å². The summed E-state index contributed by atoms with van der Waals surface area (Å²) in [5.41, 5.74) is 0. The van der Waals surface area contributed by atoms with Gasteiger partial charge in [0.25, 0.3) is 0 Å². The summed E-state index contributed by atoms with van der Waals surface area (Å²) < 4.78 is -0.250. The summed E-state index contributed by atoms with van der Waals surface area (Å²) in [5, 5.41) is 34.1. The van der Waals surface area contributed by atoms with Crippen LogP contribution in [0.5, 0.6) is 0 Å². The quantitative estimate of drug-likeness (QED) is 0.346. The van der Waals surface area contributed by atoms with Crippen LogP contribution in [0.1, 0.15) is 0 Å². The van der Waals surface area contributed by atoms with Gasteiger partial charge in [-0.3, -0.25) is 0 Å². The predicted octanol–water partition coefficient (Wildman–Crippen LogP) is -1.48. The Hall–Kier alpha value is -0.200. The van der Waals surface area contributed by atoms with Crippen molar-refractivity contribution in [2.45, 2.75) is 6.10 Å². The standard InChI is InChI=1S/C3H9NO.C3H8O3/c1-4(2,3)5;4-1-3(6)2-5/h1-3H3;3-6H,1-2H2. The first-order valence-corrected chi connectivity index (χ1v) is 3.23. The predicted molar refractivity (Wildman–Crippen MR) is 41.6 cm³/mol. The zero-order valence-electron chi connectivity index (χ0n) is 7.19. The second-order valence-corrected chi connectivity index (χ2v) is 2.91. The summed E-state index contributed by atoms with van der Waals surface area (Å²) in [6.07, 6.45) is -0.954. The molecule has 0 aromatic rings. The van der Waals surface area contributed by atoms with Crippen molar-refractivity contribution >= 4 is 0 Å². The molecule has 0 saturated heterocycles. The van der Waals surface area contributed by atoms with Crippen LogP contribution in [0.15, 0.2) is 0 Å². The maximum Gasteiger partial charge on any atom is 0.100 e. The van der Waals surface area contributed by atoms with Crippen molar-refractivity contribution in [1.29, 1.82) is 0 Å². The minimum atomic E-state index is -0.954. The lowest BCUT2D eigenvalue weighted by Crippen LogP contribution is -2.25. The van der Waals surface area contributed by atoms with Crippen LogP contribution in [0.3, 0.4) is 0 Å². The van der Waals surface area contributed by atoms with Gasteiger partial charge in [0.05, 0.1) is 34.4 Å². The Labute approximate surface area is 66.7 Å². The maximum atomic E-state index is 10.0. The van der Waals surface area contributed by atoms with Gasteiger partial charge in [0.1, 0.15) is 6.10 Å². The fraction of sp³-hybridized carbons (Fsp3) is 1.00. The molecule has 0 rings (SSSR count). The summed E-state index contributed by atoms with van der Waals surface area (Å²) in [6.45, 7) is -0.729. The SMILES string of the molecule is C[N+](C)(C)[O-].OCC(O)CO. The molecule has 0 aliphatic carbocycles. The van der Waals surface area contributed by atoms with Crippen molar-refractivity contribution in [3.05, 3.63) is 5.21 Å². The van der Waals surface area contributed by atoms with E-state index < -0.39 is 6.10 Å². The molecular weight excluding hydrogens is 150 g/mol. The van der Waals surface area contributed by atoms with E-state index in [1.807, 2.05) is 0 Å². The zero-order chi connectivity index (χ0) is 9.49. The van der Waals surface area contributed by atoms with Crippen LogP contribution in [0.4, 0.5) is 0 Å². The Kier molecular flexibility index (Phi) is 7.92. The number of quaternary nitrogens is 1. The van der Waals surface area contributed by atoms with Gasteiger partial charge in [-0.1, -0.05) is 0 Å². The highest BCUT2D eigenvalue weighted by molar-refractivity contribution is 4.43. The molecule has 5 nitrogen and oxygen atoms in total. The van der Waals surface area contributed by atoms with Gasteiger partial charge < -0.3 is 25.2 Å². The van der Waals surface area contributed by atoms with E-state index in [1.165, 1.54) is 0 Å². The van der Waals surface area contributed by atoms with Crippen molar-refractivity contribution in [1.82, 2.24) is 0 Å². The fourth-order valence-corrected chi connectivity index (χ4v) is 0.0577. The third-order valence-corrected chi connectivity index (χ3v) is 0.421. The third-order valence-electron chi connectivity index (χ3n) is 0.421. The van der Waals surface area contributed by atoms with Crippen molar-refractivity contribution in [3.8, 4) is 0 Å². The second kappa shape index (κ2) is 6.51. The molecule has 0 spiro atoms. The van der Waals surface area contributed by atoms with E-state index in [-0.39, 0.29) is 17.9 Å². The molecule has 0 radical (unpaired) electrons. The second-order valence-electron chi connectivity index (χ2n) is 2.91. The molecule has 0 fully saturated rings. The molecule has 0 aromatic carbocycles. The van der Waals surface area contributed by atoms with Crippen LogP contribution in [0.2, 0.25) is 0 Å². The van der Waals surface area contributed by atoms with Crippen LogP contribution in [0.25, 0.3) is 0 Å². The van der Waals surface area contributed by atoms with Gasteiger partial charge in [0.15, 0.2) is 0 Å². The first-order chi connectivity index (χ1) is 4.81. The third kappa shape index (κ3) is 41.3. The molecule has 0 heterocycles. The number of hydrogen-bond acceptors (Lipinski definition) is 4.